The lowest BCUT2D eigenvalue weighted by Gasteiger charge is -2.08. The largest absolute Gasteiger partial charge is 0.308 e. The zero-order chi connectivity index (χ0) is 10.8. The molecule has 4 heteroatoms. The van der Waals surface area contributed by atoms with Crippen molar-refractivity contribution in [2.45, 2.75) is 20.3 Å². The van der Waals surface area contributed by atoms with Crippen LogP contribution in [-0.2, 0) is 6.42 Å². The molecule has 0 radical (unpaired) electrons. The molecule has 0 bridgehead atoms. The van der Waals surface area contributed by atoms with Crippen LogP contribution in [0.15, 0.2) is 18.2 Å². The van der Waals surface area contributed by atoms with Gasteiger partial charge in [-0.25, -0.2) is 15.8 Å². The second kappa shape index (κ2) is 3.82. The molecule has 1 aromatic carbocycles. The molecule has 0 fully saturated rings. The van der Waals surface area contributed by atoms with E-state index in [1.165, 1.54) is 0 Å². The average molecular weight is 202 g/mol. The lowest BCUT2D eigenvalue weighted by molar-refractivity contribution is 0.958. The maximum atomic E-state index is 5.47. The van der Waals surface area contributed by atoms with E-state index >= 15 is 0 Å². The van der Waals surface area contributed by atoms with Gasteiger partial charge in [-0.15, -0.1) is 0 Å². The molecule has 2 rings (SSSR count). The van der Waals surface area contributed by atoms with Gasteiger partial charge >= 0.3 is 0 Å². The van der Waals surface area contributed by atoms with Crippen LogP contribution in [0.1, 0.15) is 18.3 Å². The third kappa shape index (κ3) is 1.64. The Morgan fingerprint density at radius 2 is 2.13 bits per heavy atom. The van der Waals surface area contributed by atoms with E-state index in [2.05, 4.69) is 15.4 Å². The first-order chi connectivity index (χ1) is 7.26. The van der Waals surface area contributed by atoms with Crippen LogP contribution in [0, 0.1) is 6.92 Å². The molecule has 1 aromatic heterocycles. The number of hydrazine groups is 1. The number of fused-ring (bicyclic) bond motifs is 1. The Bertz CT molecular complexity index is 493. The smallest absolute Gasteiger partial charge is 0.151 e. The van der Waals surface area contributed by atoms with E-state index in [0.29, 0.717) is 5.82 Å². The van der Waals surface area contributed by atoms with Crippen LogP contribution in [0.2, 0.25) is 0 Å². The maximum absolute atomic E-state index is 5.47. The number of hydrogen-bond acceptors (Lipinski definition) is 4. The van der Waals surface area contributed by atoms with Crippen molar-refractivity contribution in [3.63, 3.8) is 0 Å². The van der Waals surface area contributed by atoms with Crippen LogP contribution in [0.4, 0.5) is 5.82 Å². The van der Waals surface area contributed by atoms with E-state index in [9.17, 15) is 0 Å². The normalized spacial score (nSPS) is 10.6. The number of anilines is 1. The van der Waals surface area contributed by atoms with Crippen molar-refractivity contribution >= 4 is 16.7 Å². The number of nitrogens with one attached hydrogen (secondary N) is 1. The van der Waals surface area contributed by atoms with Gasteiger partial charge in [0.1, 0.15) is 5.82 Å². The highest BCUT2D eigenvalue weighted by Gasteiger charge is 2.07. The van der Waals surface area contributed by atoms with Gasteiger partial charge in [-0.1, -0.05) is 19.1 Å². The monoisotopic (exact) mass is 202 g/mol. The Balaban J connectivity index is 2.81. The van der Waals surface area contributed by atoms with E-state index in [-0.39, 0.29) is 0 Å². The summed E-state index contributed by atoms with van der Waals surface area (Å²) in [7, 11) is 0. The summed E-state index contributed by atoms with van der Waals surface area (Å²) in [5.41, 5.74) is 4.70. The molecule has 0 saturated carbocycles. The standard InChI is InChI=1S/C11H14N4/c1-3-9-13-8-6-4-5-7(2)10(8)11(14-9)15-12/h4-6H,3,12H2,1-2H3,(H,13,14,15). The lowest BCUT2D eigenvalue weighted by Crippen LogP contribution is -2.11. The minimum Gasteiger partial charge on any atom is -0.308 e. The first kappa shape index (κ1) is 9.86. The molecule has 0 aliphatic carbocycles. The van der Waals surface area contributed by atoms with Gasteiger partial charge in [0.2, 0.25) is 0 Å². The molecule has 0 aliphatic heterocycles. The number of aromatic nitrogens is 2. The molecule has 2 aromatic rings. The number of nitrogens with zero attached hydrogens (tertiary/aromatic N) is 2. The second-order valence-electron chi connectivity index (χ2n) is 3.46. The fraction of sp³-hybridized carbons (Fsp3) is 0.273. The molecule has 0 atom stereocenters. The molecule has 0 amide bonds. The number of aryl methyl sites for hydroxylation is 2. The third-order valence-corrected chi connectivity index (χ3v) is 2.43. The summed E-state index contributed by atoms with van der Waals surface area (Å²) in [6, 6.07) is 5.99. The van der Waals surface area contributed by atoms with E-state index in [0.717, 1.165) is 28.7 Å². The first-order valence-corrected chi connectivity index (χ1v) is 4.99. The highest BCUT2D eigenvalue weighted by Crippen LogP contribution is 2.23. The highest BCUT2D eigenvalue weighted by atomic mass is 15.3. The summed E-state index contributed by atoms with van der Waals surface area (Å²) in [5.74, 6) is 6.98. The number of hydrogen-bond donors (Lipinski definition) is 2. The summed E-state index contributed by atoms with van der Waals surface area (Å²) >= 11 is 0. The van der Waals surface area contributed by atoms with Crippen molar-refractivity contribution in [1.82, 2.24) is 9.97 Å². The topological polar surface area (TPSA) is 63.8 Å². The third-order valence-electron chi connectivity index (χ3n) is 2.43. The molecule has 15 heavy (non-hydrogen) atoms. The van der Waals surface area contributed by atoms with Crippen LogP contribution >= 0.6 is 0 Å². The molecular formula is C11H14N4. The maximum Gasteiger partial charge on any atom is 0.151 e. The molecule has 0 aliphatic rings. The van der Waals surface area contributed by atoms with Crippen LogP contribution in [0.5, 0.6) is 0 Å². The Kier molecular flexibility index (Phi) is 2.51. The molecular weight excluding hydrogens is 188 g/mol. The summed E-state index contributed by atoms with van der Waals surface area (Å²) in [4.78, 5) is 8.81. The minimum absolute atomic E-state index is 0.704. The Labute approximate surface area is 88.5 Å². The number of rotatable bonds is 2. The minimum atomic E-state index is 0.704. The van der Waals surface area contributed by atoms with Gasteiger partial charge in [0.05, 0.1) is 5.52 Å². The Morgan fingerprint density at radius 3 is 2.80 bits per heavy atom. The van der Waals surface area contributed by atoms with E-state index in [1.54, 1.807) is 0 Å². The van der Waals surface area contributed by atoms with Gasteiger partial charge in [0.25, 0.3) is 0 Å². The zero-order valence-corrected chi connectivity index (χ0v) is 8.91. The Morgan fingerprint density at radius 1 is 1.33 bits per heavy atom. The van der Waals surface area contributed by atoms with Crippen molar-refractivity contribution in [2.24, 2.45) is 5.84 Å². The number of nitrogen functional groups attached to an aromatic ring is 1. The fourth-order valence-electron chi connectivity index (χ4n) is 1.67. The quantitative estimate of drug-likeness (QED) is 0.575. The van der Waals surface area contributed by atoms with E-state index in [4.69, 9.17) is 5.84 Å². The first-order valence-electron chi connectivity index (χ1n) is 4.99. The van der Waals surface area contributed by atoms with E-state index in [1.807, 2.05) is 32.0 Å². The van der Waals surface area contributed by atoms with E-state index < -0.39 is 0 Å². The summed E-state index contributed by atoms with van der Waals surface area (Å²) in [5, 5.41) is 0.997. The summed E-state index contributed by atoms with van der Waals surface area (Å²) in [6.45, 7) is 4.05. The van der Waals surface area contributed by atoms with Crippen LogP contribution in [-0.4, -0.2) is 9.97 Å². The van der Waals surface area contributed by atoms with Crippen LogP contribution in [0.25, 0.3) is 10.9 Å². The molecule has 78 valence electrons. The zero-order valence-electron chi connectivity index (χ0n) is 8.91. The van der Waals surface area contributed by atoms with Crippen molar-refractivity contribution in [3.05, 3.63) is 29.6 Å². The SMILES string of the molecule is CCc1nc(NN)c2c(C)cccc2n1. The van der Waals surface area contributed by atoms with Crippen molar-refractivity contribution in [3.8, 4) is 0 Å². The van der Waals surface area contributed by atoms with Gasteiger partial charge in [0, 0.05) is 11.8 Å². The van der Waals surface area contributed by atoms with Crippen LogP contribution in [0.3, 0.4) is 0 Å². The molecule has 0 unspecified atom stereocenters. The molecule has 0 saturated heterocycles. The van der Waals surface area contributed by atoms with Crippen LogP contribution < -0.4 is 11.3 Å². The van der Waals surface area contributed by atoms with Gasteiger partial charge in [0.15, 0.2) is 5.82 Å². The number of benzene rings is 1. The molecule has 0 spiro atoms. The van der Waals surface area contributed by atoms with Gasteiger partial charge in [-0.3, -0.25) is 0 Å². The summed E-state index contributed by atoms with van der Waals surface area (Å²) < 4.78 is 0. The fourth-order valence-corrected chi connectivity index (χ4v) is 1.67. The lowest BCUT2D eigenvalue weighted by atomic mass is 10.1. The predicted octanol–water partition coefficient (Wildman–Crippen LogP) is 1.79. The second-order valence-corrected chi connectivity index (χ2v) is 3.46. The highest BCUT2D eigenvalue weighted by molar-refractivity contribution is 5.91. The summed E-state index contributed by atoms with van der Waals surface area (Å²) in [6.07, 6.45) is 0.804. The van der Waals surface area contributed by atoms with Gasteiger partial charge in [-0.05, 0) is 18.6 Å². The van der Waals surface area contributed by atoms with Gasteiger partial charge < -0.3 is 5.43 Å². The molecule has 3 N–H and O–H groups in total. The predicted molar refractivity (Wildman–Crippen MR) is 61.5 cm³/mol. The van der Waals surface area contributed by atoms with Crippen molar-refractivity contribution < 1.29 is 0 Å². The van der Waals surface area contributed by atoms with Crippen molar-refractivity contribution in [1.29, 1.82) is 0 Å². The molecule has 1 heterocycles. The number of nitrogens with two attached hydrogens (primary N) is 1. The Hall–Kier alpha value is -1.68. The van der Waals surface area contributed by atoms with Gasteiger partial charge in [-0.2, -0.15) is 0 Å². The van der Waals surface area contributed by atoms with Crippen molar-refractivity contribution in [2.75, 3.05) is 5.43 Å². The average Bonchev–Trinajstić information content (AvgIpc) is 2.27. The molecule has 4 nitrogen and oxygen atoms in total.